The summed E-state index contributed by atoms with van der Waals surface area (Å²) in [6.07, 6.45) is 3.79. The van der Waals surface area contributed by atoms with Gasteiger partial charge in [0, 0.05) is 31.9 Å². The zero-order chi connectivity index (χ0) is 24.3. The summed E-state index contributed by atoms with van der Waals surface area (Å²) in [5.41, 5.74) is 0.473. The van der Waals surface area contributed by atoms with E-state index < -0.39 is 41.2 Å². The number of pyridine rings is 2. The highest BCUT2D eigenvalue weighted by atomic mass is 19.3. The molecule has 2 atom stereocenters. The highest BCUT2D eigenvalue weighted by Crippen LogP contribution is 2.40. The summed E-state index contributed by atoms with van der Waals surface area (Å²) in [6, 6.07) is 8.61. The minimum Gasteiger partial charge on any atom is -0.450 e. The molecule has 10 heteroatoms. The van der Waals surface area contributed by atoms with Crippen LogP contribution in [0.4, 0.5) is 23.4 Å². The van der Waals surface area contributed by atoms with Gasteiger partial charge in [0.25, 0.3) is 5.92 Å². The second-order valence-corrected chi connectivity index (χ2v) is 8.04. The van der Waals surface area contributed by atoms with Crippen molar-refractivity contribution in [1.29, 1.82) is 0 Å². The normalized spacial score (nSPS) is 18.8. The summed E-state index contributed by atoms with van der Waals surface area (Å²) in [7, 11) is 0. The van der Waals surface area contributed by atoms with Crippen molar-refractivity contribution in [1.82, 2.24) is 14.9 Å². The Hall–Kier alpha value is -3.53. The second kappa shape index (κ2) is 9.76. The summed E-state index contributed by atoms with van der Waals surface area (Å²) in [6.45, 7) is 1.72. The molecule has 1 saturated heterocycles. The van der Waals surface area contributed by atoms with Gasteiger partial charge in [-0.2, -0.15) is 0 Å². The van der Waals surface area contributed by atoms with Crippen molar-refractivity contribution in [2.24, 2.45) is 0 Å². The van der Waals surface area contributed by atoms with Gasteiger partial charge in [-0.15, -0.1) is 0 Å². The van der Waals surface area contributed by atoms with Crippen LogP contribution in [-0.2, 0) is 4.79 Å². The molecular formula is C24H22F4N4O2. The van der Waals surface area contributed by atoms with Crippen molar-refractivity contribution >= 4 is 11.7 Å². The van der Waals surface area contributed by atoms with Crippen molar-refractivity contribution in [3.8, 4) is 11.5 Å². The van der Waals surface area contributed by atoms with Gasteiger partial charge in [0.05, 0.1) is 18.2 Å². The lowest BCUT2D eigenvalue weighted by molar-refractivity contribution is -0.125. The number of alkyl halides is 2. The number of para-hydroxylation sites is 1. The Morgan fingerprint density at radius 3 is 2.50 bits per heavy atom. The highest BCUT2D eigenvalue weighted by molar-refractivity contribution is 5.93. The molecule has 2 aromatic heterocycles. The van der Waals surface area contributed by atoms with Gasteiger partial charge >= 0.3 is 0 Å². The maximum absolute atomic E-state index is 14.6. The lowest BCUT2D eigenvalue weighted by Gasteiger charge is -2.40. The summed E-state index contributed by atoms with van der Waals surface area (Å²) in [5, 5.41) is 2.64. The van der Waals surface area contributed by atoms with E-state index in [9.17, 15) is 22.4 Å². The van der Waals surface area contributed by atoms with E-state index in [-0.39, 0.29) is 31.1 Å². The number of aromatic nitrogens is 2. The number of hydrogen-bond donors (Lipinski definition) is 1. The largest absolute Gasteiger partial charge is 0.450 e. The Balaban J connectivity index is 1.39. The number of rotatable bonds is 6. The molecule has 1 aliphatic heterocycles. The molecule has 0 bridgehead atoms. The predicted molar refractivity (Wildman–Crippen MR) is 117 cm³/mol. The summed E-state index contributed by atoms with van der Waals surface area (Å²) in [5.74, 6) is -6.36. The van der Waals surface area contributed by atoms with E-state index >= 15 is 0 Å². The average Bonchev–Trinajstić information content (AvgIpc) is 2.82. The lowest BCUT2D eigenvalue weighted by atomic mass is 9.87. The highest BCUT2D eigenvalue weighted by Gasteiger charge is 2.46. The van der Waals surface area contributed by atoms with Crippen LogP contribution in [0.1, 0.15) is 24.8 Å². The number of nitrogens with one attached hydrogen (secondary N) is 1. The average molecular weight is 474 g/mol. The molecule has 1 amide bonds. The van der Waals surface area contributed by atoms with Crippen LogP contribution in [0.5, 0.6) is 11.5 Å². The molecule has 0 saturated carbocycles. The van der Waals surface area contributed by atoms with Gasteiger partial charge in [-0.05, 0) is 48.9 Å². The van der Waals surface area contributed by atoms with Gasteiger partial charge in [-0.3, -0.25) is 14.7 Å². The molecule has 1 aliphatic rings. The fraction of sp³-hybridized carbons (Fsp3) is 0.292. The third kappa shape index (κ3) is 5.17. The first-order chi connectivity index (χ1) is 16.2. The van der Waals surface area contributed by atoms with Crippen molar-refractivity contribution in [3.05, 3.63) is 78.3 Å². The quantitative estimate of drug-likeness (QED) is 0.510. The minimum absolute atomic E-state index is 0.0139. The fourth-order valence-electron chi connectivity index (χ4n) is 3.83. The molecule has 0 spiro atoms. The van der Waals surface area contributed by atoms with E-state index in [1.54, 1.807) is 24.0 Å². The smallest absolute Gasteiger partial charge is 0.257 e. The fourth-order valence-corrected chi connectivity index (χ4v) is 3.83. The molecule has 4 rings (SSSR count). The van der Waals surface area contributed by atoms with E-state index in [1.165, 1.54) is 36.8 Å². The summed E-state index contributed by atoms with van der Waals surface area (Å²) >= 11 is 0. The second-order valence-electron chi connectivity index (χ2n) is 8.04. The maximum atomic E-state index is 14.6. The number of halogens is 4. The van der Waals surface area contributed by atoms with Crippen LogP contribution in [-0.4, -0.2) is 45.8 Å². The van der Waals surface area contributed by atoms with E-state index in [2.05, 4.69) is 15.3 Å². The number of carbonyl (C=O) groups excluding carboxylic acids is 1. The molecule has 3 aromatic rings. The van der Waals surface area contributed by atoms with Crippen LogP contribution in [0.3, 0.4) is 0 Å². The lowest BCUT2D eigenvalue weighted by Crippen LogP contribution is -2.52. The molecule has 0 radical (unpaired) electrons. The molecule has 1 aromatic carbocycles. The Morgan fingerprint density at radius 2 is 1.85 bits per heavy atom. The molecule has 1 fully saturated rings. The number of hydrogen-bond acceptors (Lipinski definition) is 5. The predicted octanol–water partition coefficient (Wildman–Crippen LogP) is 5.00. The number of piperidine rings is 1. The van der Waals surface area contributed by atoms with Crippen LogP contribution in [0.25, 0.3) is 0 Å². The van der Waals surface area contributed by atoms with Gasteiger partial charge in [0.1, 0.15) is 11.6 Å². The van der Waals surface area contributed by atoms with Crippen LogP contribution in [0.15, 0.2) is 61.1 Å². The Labute approximate surface area is 193 Å². The number of carbonyl (C=O) groups is 1. The zero-order valence-electron chi connectivity index (χ0n) is 18.2. The Kier molecular flexibility index (Phi) is 6.78. The summed E-state index contributed by atoms with van der Waals surface area (Å²) < 4.78 is 61.8. The zero-order valence-corrected chi connectivity index (χ0v) is 18.2. The van der Waals surface area contributed by atoms with Crippen molar-refractivity contribution in [3.63, 3.8) is 0 Å². The summed E-state index contributed by atoms with van der Waals surface area (Å²) in [4.78, 5) is 22.4. The number of likely N-dealkylation sites (tertiary alicyclic amines) is 1. The Morgan fingerprint density at radius 1 is 1.15 bits per heavy atom. The Bertz CT molecular complexity index is 1130. The van der Waals surface area contributed by atoms with Crippen LogP contribution >= 0.6 is 0 Å². The van der Waals surface area contributed by atoms with E-state index in [0.29, 0.717) is 5.56 Å². The van der Waals surface area contributed by atoms with Gasteiger partial charge in [-0.1, -0.05) is 6.07 Å². The molecule has 1 N–H and O–H groups in total. The van der Waals surface area contributed by atoms with Gasteiger partial charge in [0.2, 0.25) is 5.91 Å². The topological polar surface area (TPSA) is 67.3 Å². The number of anilines is 1. The standard InChI is InChI=1S/C24H22F4N4O2/c1-15(32-12-9-24(27,28)18(14-32)16-7-10-29-11-8-16)23(33)31-21-6-5-17(13-30-21)34-22-19(25)3-2-4-20(22)26/h2-8,10-11,13,15,18H,9,12,14H2,1H3,(H,30,31,33). The molecule has 0 aliphatic carbocycles. The number of benzene rings is 1. The maximum Gasteiger partial charge on any atom is 0.257 e. The number of amides is 1. The van der Waals surface area contributed by atoms with Gasteiger partial charge in [0.15, 0.2) is 17.4 Å². The molecule has 3 heterocycles. The SMILES string of the molecule is CC(C(=O)Nc1ccc(Oc2c(F)cccc2F)cn1)N1CCC(F)(F)C(c2ccncc2)C1. The van der Waals surface area contributed by atoms with Crippen molar-refractivity contribution in [2.75, 3.05) is 18.4 Å². The first kappa shape index (κ1) is 23.6. The molecular weight excluding hydrogens is 452 g/mol. The van der Waals surface area contributed by atoms with Gasteiger partial charge in [-0.25, -0.2) is 22.5 Å². The van der Waals surface area contributed by atoms with Crippen molar-refractivity contribution < 1.29 is 27.1 Å². The first-order valence-electron chi connectivity index (χ1n) is 10.6. The molecule has 178 valence electrons. The van der Waals surface area contributed by atoms with Gasteiger partial charge < -0.3 is 10.1 Å². The van der Waals surface area contributed by atoms with E-state index in [1.807, 2.05) is 0 Å². The molecule has 34 heavy (non-hydrogen) atoms. The molecule has 6 nitrogen and oxygen atoms in total. The van der Waals surface area contributed by atoms with E-state index in [0.717, 1.165) is 12.1 Å². The number of ether oxygens (including phenoxy) is 1. The third-order valence-corrected chi connectivity index (χ3v) is 5.82. The molecule has 2 unspecified atom stereocenters. The third-order valence-electron chi connectivity index (χ3n) is 5.82. The monoisotopic (exact) mass is 474 g/mol. The van der Waals surface area contributed by atoms with Crippen LogP contribution in [0.2, 0.25) is 0 Å². The minimum atomic E-state index is -2.89. The number of nitrogens with zero attached hydrogens (tertiary/aromatic N) is 3. The van der Waals surface area contributed by atoms with E-state index in [4.69, 9.17) is 4.74 Å². The van der Waals surface area contributed by atoms with Crippen LogP contribution < -0.4 is 10.1 Å². The van der Waals surface area contributed by atoms with Crippen molar-refractivity contribution in [2.45, 2.75) is 31.2 Å². The first-order valence-corrected chi connectivity index (χ1v) is 10.6. The van der Waals surface area contributed by atoms with Crippen LogP contribution in [0, 0.1) is 11.6 Å².